The summed E-state index contributed by atoms with van der Waals surface area (Å²) in [6, 6.07) is 14.0. The number of primary amides is 1. The maximum Gasteiger partial charge on any atom is 0.435 e. The van der Waals surface area contributed by atoms with Gasteiger partial charge in [0.05, 0.1) is 22.8 Å². The molecule has 0 aliphatic rings. The van der Waals surface area contributed by atoms with Crippen molar-refractivity contribution in [3.63, 3.8) is 0 Å². The van der Waals surface area contributed by atoms with Crippen molar-refractivity contribution in [2.24, 2.45) is 5.73 Å². The van der Waals surface area contributed by atoms with Crippen LogP contribution in [0.1, 0.15) is 33.4 Å². The third-order valence-electron chi connectivity index (χ3n) is 6.63. The van der Waals surface area contributed by atoms with Gasteiger partial charge in [-0.15, -0.1) is 0 Å². The van der Waals surface area contributed by atoms with Gasteiger partial charge in [-0.2, -0.15) is 18.3 Å². The number of carbonyl (C=O) groups excluding carboxylic acids is 2. The fraction of sp³-hybridized carbons (Fsp3) is 0.133. The van der Waals surface area contributed by atoms with Gasteiger partial charge in [0, 0.05) is 23.2 Å². The number of nitrogens with one attached hydrogen (secondary N) is 1. The average molecular weight is 598 g/mol. The summed E-state index contributed by atoms with van der Waals surface area (Å²) >= 11 is 0. The number of para-hydroxylation sites is 1. The summed E-state index contributed by atoms with van der Waals surface area (Å²) in [6.07, 6.45) is -3.58. The molecule has 0 bridgehead atoms. The molecule has 2 amide bonds. The lowest BCUT2D eigenvalue weighted by atomic mass is 9.94. The molecule has 0 radical (unpaired) electrons. The molecule has 5 aromatic rings. The molecule has 3 aromatic carbocycles. The number of pyridine rings is 1. The van der Waals surface area contributed by atoms with Crippen molar-refractivity contribution in [3.05, 3.63) is 119 Å². The SMILES string of the molecule is NC(=O)c1cc(-c2cccnc2C(Cc2cc(F)cc(F)c2)NC(=O)Cn2nc(C(F)(F)F)c3ccccc32)ccc1F. The first-order valence-electron chi connectivity index (χ1n) is 12.7. The van der Waals surface area contributed by atoms with Gasteiger partial charge < -0.3 is 11.1 Å². The predicted octanol–water partition coefficient (Wildman–Crippen LogP) is 5.73. The minimum absolute atomic E-state index is 0.0672. The molecule has 0 aliphatic carbocycles. The molecule has 1 atom stereocenters. The Hall–Kier alpha value is -5.20. The molecule has 13 heteroatoms. The van der Waals surface area contributed by atoms with Gasteiger partial charge in [-0.25, -0.2) is 13.2 Å². The zero-order chi connectivity index (χ0) is 30.9. The van der Waals surface area contributed by atoms with E-state index in [9.17, 15) is 35.9 Å². The Kier molecular flexibility index (Phi) is 7.89. The van der Waals surface area contributed by atoms with Gasteiger partial charge in [-0.1, -0.05) is 30.3 Å². The van der Waals surface area contributed by atoms with E-state index in [1.54, 1.807) is 12.1 Å². The summed E-state index contributed by atoms with van der Waals surface area (Å²) < 4.78 is 84.1. The summed E-state index contributed by atoms with van der Waals surface area (Å²) in [5.41, 5.74) is 4.75. The largest absolute Gasteiger partial charge is 0.435 e. The van der Waals surface area contributed by atoms with Crippen molar-refractivity contribution < 1.29 is 35.9 Å². The van der Waals surface area contributed by atoms with Crippen molar-refractivity contribution in [1.29, 1.82) is 0 Å². The third kappa shape index (κ3) is 6.35. The average Bonchev–Trinajstić information content (AvgIpc) is 3.31. The lowest BCUT2D eigenvalue weighted by Crippen LogP contribution is -2.34. The van der Waals surface area contributed by atoms with Gasteiger partial charge >= 0.3 is 6.18 Å². The Labute approximate surface area is 240 Å². The van der Waals surface area contributed by atoms with Crippen LogP contribution in [0.2, 0.25) is 0 Å². The third-order valence-corrected chi connectivity index (χ3v) is 6.63. The quantitative estimate of drug-likeness (QED) is 0.223. The number of halogens is 6. The first-order chi connectivity index (χ1) is 20.4. The number of benzene rings is 3. The van der Waals surface area contributed by atoms with E-state index in [2.05, 4.69) is 15.4 Å². The summed E-state index contributed by atoms with van der Waals surface area (Å²) in [5, 5.41) is 6.12. The van der Waals surface area contributed by atoms with Crippen LogP contribution < -0.4 is 11.1 Å². The van der Waals surface area contributed by atoms with Crippen LogP contribution in [0.15, 0.2) is 79.0 Å². The van der Waals surface area contributed by atoms with Crippen LogP contribution in [-0.2, 0) is 23.9 Å². The first-order valence-corrected chi connectivity index (χ1v) is 12.7. The highest BCUT2D eigenvalue weighted by atomic mass is 19.4. The van der Waals surface area contributed by atoms with E-state index in [4.69, 9.17) is 5.73 Å². The Morgan fingerprint density at radius 2 is 1.65 bits per heavy atom. The smallest absolute Gasteiger partial charge is 0.366 e. The Morgan fingerprint density at radius 1 is 0.930 bits per heavy atom. The highest BCUT2D eigenvalue weighted by molar-refractivity contribution is 5.94. The number of nitrogens with zero attached hydrogens (tertiary/aromatic N) is 3. The van der Waals surface area contributed by atoms with Gasteiger partial charge in [-0.3, -0.25) is 19.3 Å². The maximum absolute atomic E-state index is 14.2. The number of nitrogens with two attached hydrogens (primary N) is 1. The van der Waals surface area contributed by atoms with Gasteiger partial charge in [0.25, 0.3) is 5.91 Å². The monoisotopic (exact) mass is 597 g/mol. The molecule has 43 heavy (non-hydrogen) atoms. The molecule has 0 spiro atoms. The van der Waals surface area contributed by atoms with Crippen molar-refractivity contribution in [2.45, 2.75) is 25.2 Å². The molecule has 3 N–H and O–H groups in total. The number of carbonyl (C=O) groups is 2. The van der Waals surface area contributed by atoms with Crippen molar-refractivity contribution >= 4 is 22.7 Å². The number of amides is 2. The fourth-order valence-corrected chi connectivity index (χ4v) is 4.83. The minimum Gasteiger partial charge on any atom is -0.366 e. The molecule has 5 rings (SSSR count). The topological polar surface area (TPSA) is 103 Å². The second-order valence-corrected chi connectivity index (χ2v) is 9.62. The normalized spacial score (nSPS) is 12.3. The highest BCUT2D eigenvalue weighted by Gasteiger charge is 2.37. The van der Waals surface area contributed by atoms with Crippen LogP contribution in [0.25, 0.3) is 22.0 Å². The van der Waals surface area contributed by atoms with Crippen LogP contribution in [0.5, 0.6) is 0 Å². The van der Waals surface area contributed by atoms with E-state index in [0.717, 1.165) is 22.9 Å². The van der Waals surface area contributed by atoms with Gasteiger partial charge in [0.15, 0.2) is 5.69 Å². The lowest BCUT2D eigenvalue weighted by Gasteiger charge is -2.22. The molecule has 7 nitrogen and oxygen atoms in total. The standard InChI is InChI=1S/C30H21F6N5O2/c31-18-10-16(11-19(32)14-18)12-24(27-20(5-3-9-38-27)17-7-8-23(33)22(13-17)29(37)43)39-26(42)15-41-25-6-2-1-4-21(25)28(40-41)30(34,35)36/h1-11,13-14,24H,12,15H2,(H2,37,43)(H,39,42). The van der Waals surface area contributed by atoms with Crippen molar-refractivity contribution in [3.8, 4) is 11.1 Å². The van der Waals surface area contributed by atoms with Crippen LogP contribution >= 0.6 is 0 Å². The summed E-state index contributed by atoms with van der Waals surface area (Å²) in [4.78, 5) is 29.4. The molecule has 0 saturated carbocycles. The minimum atomic E-state index is -4.77. The number of hydrogen-bond donors (Lipinski definition) is 2. The first kappa shape index (κ1) is 29.3. The van der Waals surface area contributed by atoms with Gasteiger partial charge in [0.2, 0.25) is 5.91 Å². The number of hydrogen-bond acceptors (Lipinski definition) is 4. The zero-order valence-electron chi connectivity index (χ0n) is 22.0. The van der Waals surface area contributed by atoms with E-state index < -0.39 is 59.3 Å². The molecule has 0 saturated heterocycles. The number of alkyl halides is 3. The van der Waals surface area contributed by atoms with E-state index in [1.165, 1.54) is 42.6 Å². The van der Waals surface area contributed by atoms with E-state index in [-0.39, 0.29) is 28.6 Å². The predicted molar refractivity (Wildman–Crippen MR) is 144 cm³/mol. The molecule has 220 valence electrons. The lowest BCUT2D eigenvalue weighted by molar-refractivity contribution is -0.140. The molecule has 1 unspecified atom stereocenters. The molecular weight excluding hydrogens is 576 g/mol. The van der Waals surface area contributed by atoms with Crippen LogP contribution in [-0.4, -0.2) is 26.6 Å². The summed E-state index contributed by atoms with van der Waals surface area (Å²) in [7, 11) is 0. The van der Waals surface area contributed by atoms with Crippen LogP contribution in [0.4, 0.5) is 26.3 Å². The summed E-state index contributed by atoms with van der Waals surface area (Å²) in [5.74, 6) is -4.39. The van der Waals surface area contributed by atoms with Crippen LogP contribution in [0.3, 0.4) is 0 Å². The van der Waals surface area contributed by atoms with Crippen molar-refractivity contribution in [1.82, 2.24) is 20.1 Å². The van der Waals surface area contributed by atoms with E-state index >= 15 is 0 Å². The molecule has 2 heterocycles. The van der Waals surface area contributed by atoms with Crippen LogP contribution in [0, 0.1) is 17.5 Å². The Bertz CT molecular complexity index is 1830. The van der Waals surface area contributed by atoms with E-state index in [1.807, 2.05) is 0 Å². The maximum atomic E-state index is 14.2. The summed E-state index contributed by atoms with van der Waals surface area (Å²) in [6.45, 7) is -0.630. The molecular formula is C30H21F6N5O2. The number of fused-ring (bicyclic) bond motifs is 1. The van der Waals surface area contributed by atoms with Crippen molar-refractivity contribution in [2.75, 3.05) is 0 Å². The molecule has 0 fully saturated rings. The molecule has 2 aromatic heterocycles. The van der Waals surface area contributed by atoms with Gasteiger partial charge in [0.1, 0.15) is 24.0 Å². The highest BCUT2D eigenvalue weighted by Crippen LogP contribution is 2.34. The second kappa shape index (κ2) is 11.6. The number of aromatic nitrogens is 3. The Balaban J connectivity index is 1.54. The van der Waals surface area contributed by atoms with Gasteiger partial charge in [-0.05, 0) is 53.9 Å². The fourth-order valence-electron chi connectivity index (χ4n) is 4.83. The Morgan fingerprint density at radius 3 is 2.35 bits per heavy atom. The van der Waals surface area contributed by atoms with E-state index in [0.29, 0.717) is 17.2 Å². The zero-order valence-corrected chi connectivity index (χ0v) is 22.0. The molecule has 0 aliphatic heterocycles. The number of rotatable bonds is 8. The second-order valence-electron chi connectivity index (χ2n) is 9.62.